The highest BCUT2D eigenvalue weighted by Crippen LogP contribution is 2.25. The second-order valence-electron chi connectivity index (χ2n) is 4.34. The summed E-state index contributed by atoms with van der Waals surface area (Å²) in [5, 5.41) is 7.13. The van der Waals surface area contributed by atoms with E-state index in [0.29, 0.717) is 5.95 Å². The molecule has 1 aromatic heterocycles. The first-order chi connectivity index (χ1) is 8.28. The summed E-state index contributed by atoms with van der Waals surface area (Å²) in [6.07, 6.45) is 4.06. The van der Waals surface area contributed by atoms with E-state index in [1.807, 2.05) is 20.0 Å². The van der Waals surface area contributed by atoms with Crippen LogP contribution >= 0.6 is 11.8 Å². The van der Waals surface area contributed by atoms with E-state index in [0.717, 1.165) is 23.3 Å². The Morgan fingerprint density at radius 2 is 2.29 bits per heavy atom. The van der Waals surface area contributed by atoms with Gasteiger partial charge in [0.15, 0.2) is 0 Å². The maximum absolute atomic E-state index is 4.39. The number of anilines is 2. The molecule has 0 radical (unpaired) electrons. The molecule has 4 nitrogen and oxygen atoms in total. The van der Waals surface area contributed by atoms with Gasteiger partial charge >= 0.3 is 0 Å². The molecule has 1 aliphatic rings. The Labute approximate surface area is 107 Å². The van der Waals surface area contributed by atoms with E-state index < -0.39 is 0 Å². The fourth-order valence-corrected chi connectivity index (χ4v) is 3.20. The van der Waals surface area contributed by atoms with Gasteiger partial charge in [-0.25, -0.2) is 4.98 Å². The van der Waals surface area contributed by atoms with Crippen LogP contribution in [-0.4, -0.2) is 34.6 Å². The molecule has 0 bridgehead atoms. The SMILES string of the molecule is CNc1nc(C)cc(NCC2CCCCS2)n1. The normalized spacial score (nSPS) is 20.0. The van der Waals surface area contributed by atoms with Crippen molar-refractivity contribution in [3.8, 4) is 0 Å². The predicted octanol–water partition coefficient (Wildman–Crippen LogP) is 2.52. The van der Waals surface area contributed by atoms with Crippen molar-refractivity contribution in [2.24, 2.45) is 0 Å². The molecule has 1 aliphatic heterocycles. The average molecular weight is 252 g/mol. The summed E-state index contributed by atoms with van der Waals surface area (Å²) < 4.78 is 0. The molecule has 0 aromatic carbocycles. The minimum atomic E-state index is 0.684. The Morgan fingerprint density at radius 1 is 1.41 bits per heavy atom. The Morgan fingerprint density at radius 3 is 3.00 bits per heavy atom. The Bertz CT molecular complexity index is 364. The van der Waals surface area contributed by atoms with Crippen LogP contribution in [0.4, 0.5) is 11.8 Å². The zero-order valence-corrected chi connectivity index (χ0v) is 11.3. The van der Waals surface area contributed by atoms with Gasteiger partial charge in [-0.1, -0.05) is 6.42 Å². The van der Waals surface area contributed by atoms with Crippen LogP contribution in [0.3, 0.4) is 0 Å². The third kappa shape index (κ3) is 3.77. The van der Waals surface area contributed by atoms with Crippen LogP contribution in [0.15, 0.2) is 6.07 Å². The quantitative estimate of drug-likeness (QED) is 0.862. The number of hydrogen-bond acceptors (Lipinski definition) is 5. The molecular formula is C12H20N4S. The summed E-state index contributed by atoms with van der Waals surface area (Å²) in [6.45, 7) is 2.99. The number of aryl methyl sites for hydroxylation is 1. The summed E-state index contributed by atoms with van der Waals surface area (Å²) in [5.74, 6) is 2.91. The van der Waals surface area contributed by atoms with Gasteiger partial charge in [-0.2, -0.15) is 16.7 Å². The first kappa shape index (κ1) is 12.5. The molecule has 0 spiro atoms. The fourth-order valence-electron chi connectivity index (χ4n) is 1.96. The zero-order chi connectivity index (χ0) is 12.1. The second-order valence-corrected chi connectivity index (χ2v) is 5.75. The van der Waals surface area contributed by atoms with Gasteiger partial charge in [0, 0.05) is 30.6 Å². The minimum absolute atomic E-state index is 0.684. The molecular weight excluding hydrogens is 232 g/mol. The van der Waals surface area contributed by atoms with Crippen molar-refractivity contribution in [1.82, 2.24) is 9.97 Å². The van der Waals surface area contributed by atoms with Gasteiger partial charge in [0.25, 0.3) is 0 Å². The molecule has 0 amide bonds. The molecule has 1 aromatic rings. The van der Waals surface area contributed by atoms with Crippen LogP contribution in [0.5, 0.6) is 0 Å². The number of rotatable bonds is 4. The highest BCUT2D eigenvalue weighted by Gasteiger charge is 2.13. The van der Waals surface area contributed by atoms with Crippen molar-refractivity contribution < 1.29 is 0 Å². The molecule has 0 aliphatic carbocycles. The van der Waals surface area contributed by atoms with Gasteiger partial charge in [-0.05, 0) is 25.5 Å². The monoisotopic (exact) mass is 252 g/mol. The largest absolute Gasteiger partial charge is 0.369 e. The average Bonchev–Trinajstić information content (AvgIpc) is 2.37. The number of nitrogens with one attached hydrogen (secondary N) is 2. The molecule has 0 saturated carbocycles. The third-order valence-electron chi connectivity index (χ3n) is 2.86. The lowest BCUT2D eigenvalue weighted by molar-refractivity contribution is 0.677. The maximum Gasteiger partial charge on any atom is 0.224 e. The highest BCUT2D eigenvalue weighted by molar-refractivity contribution is 7.99. The van der Waals surface area contributed by atoms with E-state index in [4.69, 9.17) is 0 Å². The van der Waals surface area contributed by atoms with E-state index in [9.17, 15) is 0 Å². The second kappa shape index (κ2) is 6.10. The van der Waals surface area contributed by atoms with Crippen molar-refractivity contribution >= 4 is 23.5 Å². The molecule has 2 rings (SSSR count). The number of aromatic nitrogens is 2. The smallest absolute Gasteiger partial charge is 0.224 e. The van der Waals surface area contributed by atoms with Crippen molar-refractivity contribution in [2.45, 2.75) is 31.4 Å². The summed E-state index contributed by atoms with van der Waals surface area (Å²) >= 11 is 2.08. The van der Waals surface area contributed by atoms with Gasteiger partial charge in [-0.15, -0.1) is 0 Å². The third-order valence-corrected chi connectivity index (χ3v) is 4.26. The van der Waals surface area contributed by atoms with Gasteiger partial charge < -0.3 is 10.6 Å². The molecule has 1 fully saturated rings. The number of nitrogens with zero attached hydrogens (tertiary/aromatic N) is 2. The van der Waals surface area contributed by atoms with Crippen LogP contribution in [0.25, 0.3) is 0 Å². The predicted molar refractivity (Wildman–Crippen MR) is 74.9 cm³/mol. The Balaban J connectivity index is 1.91. The first-order valence-electron chi connectivity index (χ1n) is 6.17. The molecule has 1 atom stereocenters. The van der Waals surface area contributed by atoms with Crippen LogP contribution in [0, 0.1) is 6.92 Å². The standard InChI is InChI=1S/C12H20N4S/c1-9-7-11(16-12(13-2)15-9)14-8-10-5-3-4-6-17-10/h7,10H,3-6,8H2,1-2H3,(H2,13,14,15,16). The molecule has 17 heavy (non-hydrogen) atoms. The lowest BCUT2D eigenvalue weighted by Crippen LogP contribution is -2.20. The van der Waals surface area contributed by atoms with Gasteiger partial charge in [0.05, 0.1) is 0 Å². The number of hydrogen-bond donors (Lipinski definition) is 2. The van der Waals surface area contributed by atoms with Gasteiger partial charge in [0.1, 0.15) is 5.82 Å². The summed E-state index contributed by atoms with van der Waals surface area (Å²) in [7, 11) is 1.84. The minimum Gasteiger partial charge on any atom is -0.369 e. The van der Waals surface area contributed by atoms with E-state index in [-0.39, 0.29) is 0 Å². The Hall–Kier alpha value is -0.970. The van der Waals surface area contributed by atoms with E-state index >= 15 is 0 Å². The van der Waals surface area contributed by atoms with Crippen molar-refractivity contribution in [2.75, 3.05) is 30.0 Å². The highest BCUT2D eigenvalue weighted by atomic mass is 32.2. The molecule has 2 heterocycles. The summed E-state index contributed by atoms with van der Waals surface area (Å²) in [6, 6.07) is 1.99. The molecule has 1 saturated heterocycles. The molecule has 1 unspecified atom stereocenters. The van der Waals surface area contributed by atoms with E-state index in [1.165, 1.54) is 25.0 Å². The van der Waals surface area contributed by atoms with Gasteiger partial charge in [0.2, 0.25) is 5.95 Å². The van der Waals surface area contributed by atoms with Crippen LogP contribution < -0.4 is 10.6 Å². The van der Waals surface area contributed by atoms with Gasteiger partial charge in [-0.3, -0.25) is 0 Å². The van der Waals surface area contributed by atoms with Crippen LogP contribution in [0.1, 0.15) is 25.0 Å². The van der Waals surface area contributed by atoms with Crippen molar-refractivity contribution in [1.29, 1.82) is 0 Å². The maximum atomic E-state index is 4.39. The zero-order valence-electron chi connectivity index (χ0n) is 10.5. The summed E-state index contributed by atoms with van der Waals surface area (Å²) in [4.78, 5) is 8.67. The fraction of sp³-hybridized carbons (Fsp3) is 0.667. The van der Waals surface area contributed by atoms with Crippen LogP contribution in [0.2, 0.25) is 0 Å². The topological polar surface area (TPSA) is 49.8 Å². The van der Waals surface area contributed by atoms with Crippen LogP contribution in [-0.2, 0) is 0 Å². The van der Waals surface area contributed by atoms with Crippen molar-refractivity contribution in [3.63, 3.8) is 0 Å². The summed E-state index contributed by atoms with van der Waals surface area (Å²) in [5.41, 5.74) is 0.989. The molecule has 94 valence electrons. The lowest BCUT2D eigenvalue weighted by atomic mass is 10.2. The molecule has 2 N–H and O–H groups in total. The van der Waals surface area contributed by atoms with E-state index in [1.54, 1.807) is 0 Å². The first-order valence-corrected chi connectivity index (χ1v) is 7.21. The lowest BCUT2D eigenvalue weighted by Gasteiger charge is -2.21. The van der Waals surface area contributed by atoms with Crippen molar-refractivity contribution in [3.05, 3.63) is 11.8 Å². The Kier molecular flexibility index (Phi) is 4.48. The molecule has 5 heteroatoms. The number of thioether (sulfide) groups is 1. The van der Waals surface area contributed by atoms with E-state index in [2.05, 4.69) is 32.4 Å².